The van der Waals surface area contributed by atoms with Gasteiger partial charge >= 0.3 is 12.0 Å². The average molecular weight is 256 g/mol. The molecule has 1 aliphatic carbocycles. The van der Waals surface area contributed by atoms with Crippen LogP contribution in [-0.4, -0.2) is 65.8 Å². The Bertz CT molecular complexity index is 330. The maximum atomic E-state index is 12.3. The van der Waals surface area contributed by atoms with Gasteiger partial charge in [-0.05, 0) is 25.7 Å². The molecule has 1 saturated carbocycles. The molecule has 2 amide bonds. The van der Waals surface area contributed by atoms with Gasteiger partial charge in [-0.15, -0.1) is 0 Å². The summed E-state index contributed by atoms with van der Waals surface area (Å²) in [6, 6.07) is -0.0565. The molecular formula is C12H20N2O4. The molecule has 1 saturated heterocycles. The normalized spacial score (nSPS) is 23.8. The molecule has 1 heterocycles. The van der Waals surface area contributed by atoms with Crippen LogP contribution in [0.2, 0.25) is 0 Å². The second kappa shape index (κ2) is 5.56. The van der Waals surface area contributed by atoms with Crippen molar-refractivity contribution in [2.45, 2.75) is 25.9 Å². The van der Waals surface area contributed by atoms with Crippen molar-refractivity contribution in [3.63, 3.8) is 0 Å². The molecule has 0 aromatic heterocycles. The van der Waals surface area contributed by atoms with Gasteiger partial charge in [-0.2, -0.15) is 0 Å². The molecule has 0 spiro atoms. The first kappa shape index (κ1) is 13.1. The van der Waals surface area contributed by atoms with Gasteiger partial charge in [0.1, 0.15) is 0 Å². The predicted molar refractivity (Wildman–Crippen MR) is 64.3 cm³/mol. The zero-order valence-electron chi connectivity index (χ0n) is 10.7. The summed E-state index contributed by atoms with van der Waals surface area (Å²) in [5, 5.41) is 8.91. The van der Waals surface area contributed by atoms with Crippen molar-refractivity contribution in [2.75, 3.05) is 32.8 Å². The van der Waals surface area contributed by atoms with Crippen LogP contribution in [0.5, 0.6) is 0 Å². The fraction of sp³-hybridized carbons (Fsp3) is 0.833. The zero-order chi connectivity index (χ0) is 13.1. The second-order valence-electron chi connectivity index (χ2n) is 4.91. The lowest BCUT2D eigenvalue weighted by Crippen LogP contribution is -2.53. The number of carbonyl (C=O) groups excluding carboxylic acids is 1. The molecule has 2 fully saturated rings. The summed E-state index contributed by atoms with van der Waals surface area (Å²) >= 11 is 0. The van der Waals surface area contributed by atoms with Gasteiger partial charge in [0.25, 0.3) is 0 Å². The number of ether oxygens (including phenoxy) is 1. The molecule has 1 unspecified atom stereocenters. The van der Waals surface area contributed by atoms with E-state index >= 15 is 0 Å². The third-order valence-corrected chi connectivity index (χ3v) is 3.44. The quantitative estimate of drug-likeness (QED) is 0.800. The molecule has 18 heavy (non-hydrogen) atoms. The number of rotatable bonds is 4. The Labute approximate surface area is 106 Å². The van der Waals surface area contributed by atoms with Gasteiger partial charge in [0.2, 0.25) is 0 Å². The van der Waals surface area contributed by atoms with Crippen molar-refractivity contribution in [3.8, 4) is 0 Å². The van der Waals surface area contributed by atoms with Gasteiger partial charge in [0.15, 0.2) is 6.10 Å². The molecule has 6 heteroatoms. The number of morpholine rings is 1. The van der Waals surface area contributed by atoms with Crippen LogP contribution in [-0.2, 0) is 9.53 Å². The van der Waals surface area contributed by atoms with Gasteiger partial charge in [-0.25, -0.2) is 9.59 Å². The highest BCUT2D eigenvalue weighted by atomic mass is 16.5. The molecule has 1 atom stereocenters. The first-order valence-electron chi connectivity index (χ1n) is 6.50. The Morgan fingerprint density at radius 2 is 2.17 bits per heavy atom. The average Bonchev–Trinajstić information content (AvgIpc) is 3.19. The summed E-state index contributed by atoms with van der Waals surface area (Å²) in [4.78, 5) is 26.5. The van der Waals surface area contributed by atoms with Crippen LogP contribution in [0.4, 0.5) is 4.79 Å². The number of hydrogen-bond donors (Lipinski definition) is 1. The first-order chi connectivity index (χ1) is 8.61. The van der Waals surface area contributed by atoms with Crippen molar-refractivity contribution < 1.29 is 19.4 Å². The number of carbonyl (C=O) groups is 2. The fourth-order valence-corrected chi connectivity index (χ4v) is 2.13. The maximum absolute atomic E-state index is 12.3. The number of aliphatic carboxylic acids is 1. The SMILES string of the molecule is CCN(CC1CC1)C(=O)N1CCOC(C(=O)O)C1. The number of carboxylic acid groups (broad SMARTS) is 1. The van der Waals surface area contributed by atoms with Crippen molar-refractivity contribution >= 4 is 12.0 Å². The molecule has 0 aromatic rings. The van der Waals surface area contributed by atoms with Crippen LogP contribution < -0.4 is 0 Å². The minimum Gasteiger partial charge on any atom is -0.479 e. The predicted octanol–water partition coefficient (Wildman–Crippen LogP) is 0.624. The molecule has 1 aliphatic heterocycles. The molecule has 0 bridgehead atoms. The van der Waals surface area contributed by atoms with Crippen LogP contribution in [0.15, 0.2) is 0 Å². The highest BCUT2D eigenvalue weighted by molar-refractivity contribution is 5.77. The van der Waals surface area contributed by atoms with E-state index in [-0.39, 0.29) is 12.6 Å². The molecule has 2 aliphatic rings. The fourth-order valence-electron chi connectivity index (χ4n) is 2.13. The number of carboxylic acids is 1. The van der Waals surface area contributed by atoms with E-state index in [1.165, 1.54) is 12.8 Å². The monoisotopic (exact) mass is 256 g/mol. The van der Waals surface area contributed by atoms with Crippen molar-refractivity contribution in [3.05, 3.63) is 0 Å². The summed E-state index contributed by atoms with van der Waals surface area (Å²) in [5.41, 5.74) is 0. The lowest BCUT2D eigenvalue weighted by Gasteiger charge is -2.34. The van der Waals surface area contributed by atoms with E-state index in [9.17, 15) is 9.59 Å². The van der Waals surface area contributed by atoms with Crippen molar-refractivity contribution in [1.29, 1.82) is 0 Å². The summed E-state index contributed by atoms with van der Waals surface area (Å²) < 4.78 is 5.11. The van der Waals surface area contributed by atoms with E-state index in [4.69, 9.17) is 9.84 Å². The third kappa shape index (κ3) is 3.13. The number of urea groups is 1. The largest absolute Gasteiger partial charge is 0.479 e. The minimum atomic E-state index is -1.00. The van der Waals surface area contributed by atoms with Gasteiger partial charge in [0.05, 0.1) is 13.2 Å². The van der Waals surface area contributed by atoms with Gasteiger partial charge in [-0.3, -0.25) is 0 Å². The molecule has 1 N–H and O–H groups in total. The second-order valence-corrected chi connectivity index (χ2v) is 4.91. The Balaban J connectivity index is 1.91. The van der Waals surface area contributed by atoms with E-state index in [2.05, 4.69) is 0 Å². The van der Waals surface area contributed by atoms with Crippen molar-refractivity contribution in [2.24, 2.45) is 5.92 Å². The van der Waals surface area contributed by atoms with Gasteiger partial charge in [-0.1, -0.05) is 0 Å². The van der Waals surface area contributed by atoms with E-state index in [0.29, 0.717) is 25.6 Å². The molecule has 102 valence electrons. The summed E-state index contributed by atoms with van der Waals surface area (Å²) in [7, 11) is 0. The standard InChI is InChI=1S/C12H20N2O4/c1-2-13(7-9-3-4-9)12(17)14-5-6-18-10(8-14)11(15)16/h9-10H,2-8H2,1H3,(H,15,16). The summed E-state index contributed by atoms with van der Waals surface area (Å²) in [6.45, 7) is 4.34. The molecule has 0 radical (unpaired) electrons. The van der Waals surface area contributed by atoms with E-state index in [1.807, 2.05) is 11.8 Å². The zero-order valence-corrected chi connectivity index (χ0v) is 10.7. The lowest BCUT2D eigenvalue weighted by molar-refractivity contribution is -0.154. The van der Waals surface area contributed by atoms with Crippen LogP contribution in [0.25, 0.3) is 0 Å². The highest BCUT2D eigenvalue weighted by Crippen LogP contribution is 2.30. The number of hydrogen-bond acceptors (Lipinski definition) is 3. The minimum absolute atomic E-state index is 0.0565. The first-order valence-corrected chi connectivity index (χ1v) is 6.50. The van der Waals surface area contributed by atoms with E-state index < -0.39 is 12.1 Å². The van der Waals surface area contributed by atoms with E-state index in [0.717, 1.165) is 6.54 Å². The highest BCUT2D eigenvalue weighted by Gasteiger charge is 2.33. The molecule has 2 rings (SSSR count). The van der Waals surface area contributed by atoms with Crippen LogP contribution in [0.3, 0.4) is 0 Å². The number of nitrogens with zero attached hydrogens (tertiary/aromatic N) is 2. The molecule has 6 nitrogen and oxygen atoms in total. The molecule has 0 aromatic carbocycles. The van der Waals surface area contributed by atoms with Crippen molar-refractivity contribution in [1.82, 2.24) is 9.80 Å². The lowest BCUT2D eigenvalue weighted by atomic mass is 10.3. The Hall–Kier alpha value is -1.30. The number of amides is 2. The van der Waals surface area contributed by atoms with Crippen LogP contribution in [0.1, 0.15) is 19.8 Å². The van der Waals surface area contributed by atoms with Crippen LogP contribution in [0, 0.1) is 5.92 Å². The summed E-state index contributed by atoms with van der Waals surface area (Å²) in [6.07, 6.45) is 1.51. The smallest absolute Gasteiger partial charge is 0.334 e. The third-order valence-electron chi connectivity index (χ3n) is 3.44. The topological polar surface area (TPSA) is 70.1 Å². The van der Waals surface area contributed by atoms with Gasteiger partial charge < -0.3 is 19.6 Å². The van der Waals surface area contributed by atoms with Gasteiger partial charge in [0, 0.05) is 19.6 Å². The van der Waals surface area contributed by atoms with Crippen LogP contribution >= 0.6 is 0 Å². The Kier molecular flexibility index (Phi) is 4.06. The Morgan fingerprint density at radius 3 is 2.72 bits per heavy atom. The Morgan fingerprint density at radius 1 is 1.44 bits per heavy atom. The maximum Gasteiger partial charge on any atom is 0.334 e. The van der Waals surface area contributed by atoms with E-state index in [1.54, 1.807) is 4.90 Å². The molecular weight excluding hydrogens is 236 g/mol. The summed E-state index contributed by atoms with van der Waals surface area (Å²) in [5.74, 6) is -0.358.